The van der Waals surface area contributed by atoms with Crippen molar-refractivity contribution in [2.45, 2.75) is 38.6 Å². The minimum Gasteiger partial charge on any atom is -0.381 e. The van der Waals surface area contributed by atoms with Crippen molar-refractivity contribution in [1.29, 1.82) is 0 Å². The summed E-state index contributed by atoms with van der Waals surface area (Å²) in [5, 5.41) is 0. The van der Waals surface area contributed by atoms with E-state index in [4.69, 9.17) is 10.5 Å². The van der Waals surface area contributed by atoms with Crippen LogP contribution in [0.15, 0.2) is 0 Å². The van der Waals surface area contributed by atoms with E-state index in [1.165, 1.54) is 19.4 Å². The topological polar surface area (TPSA) is 58.8 Å². The number of likely N-dealkylation sites (tertiary alicyclic amines) is 1. The summed E-state index contributed by atoms with van der Waals surface area (Å²) in [4.78, 5) is 17.2. The summed E-state index contributed by atoms with van der Waals surface area (Å²) in [5.74, 6) is 0.214. The van der Waals surface area contributed by atoms with Gasteiger partial charge < -0.3 is 15.4 Å². The summed E-state index contributed by atoms with van der Waals surface area (Å²) in [6.07, 6.45) is 3.96. The fourth-order valence-electron chi connectivity index (χ4n) is 3.59. The Bertz CT molecular complexity index is 329. The molecule has 2 rings (SSSR count). The Morgan fingerprint density at radius 1 is 1.45 bits per heavy atom. The monoisotopic (exact) mass is 283 g/mol. The lowest BCUT2D eigenvalue weighted by atomic mass is 9.79. The molecule has 20 heavy (non-hydrogen) atoms. The van der Waals surface area contributed by atoms with Gasteiger partial charge >= 0.3 is 0 Å². The molecule has 0 saturated carbocycles. The van der Waals surface area contributed by atoms with Gasteiger partial charge in [0.2, 0.25) is 5.91 Å². The fraction of sp³-hybridized carbons (Fsp3) is 0.933. The predicted molar refractivity (Wildman–Crippen MR) is 79.4 cm³/mol. The molecule has 2 N–H and O–H groups in total. The lowest BCUT2D eigenvalue weighted by Gasteiger charge is -2.39. The zero-order valence-electron chi connectivity index (χ0n) is 12.9. The van der Waals surface area contributed by atoms with E-state index in [-0.39, 0.29) is 11.3 Å². The zero-order chi connectivity index (χ0) is 14.6. The number of nitrogens with zero attached hydrogens (tertiary/aromatic N) is 2. The van der Waals surface area contributed by atoms with E-state index in [0.29, 0.717) is 25.8 Å². The van der Waals surface area contributed by atoms with Crippen molar-refractivity contribution in [2.24, 2.45) is 11.1 Å². The molecular formula is C15H29N3O2. The molecule has 2 saturated heterocycles. The Hall–Kier alpha value is -0.650. The second kappa shape index (κ2) is 6.87. The first kappa shape index (κ1) is 15.7. The summed E-state index contributed by atoms with van der Waals surface area (Å²) in [5.41, 5.74) is 5.54. The maximum Gasteiger partial charge on any atom is 0.230 e. The van der Waals surface area contributed by atoms with Crippen LogP contribution < -0.4 is 5.73 Å². The molecule has 0 radical (unpaired) electrons. The number of hydrogen-bond donors (Lipinski definition) is 1. The molecule has 0 aromatic carbocycles. The van der Waals surface area contributed by atoms with Gasteiger partial charge in [-0.3, -0.25) is 9.69 Å². The number of carbonyl (C=O) groups excluding carboxylic acids is 1. The van der Waals surface area contributed by atoms with Crippen molar-refractivity contribution in [3.05, 3.63) is 0 Å². The van der Waals surface area contributed by atoms with Gasteiger partial charge in [0.15, 0.2) is 0 Å². The maximum atomic E-state index is 12.8. The number of ether oxygens (including phenoxy) is 1. The third kappa shape index (κ3) is 3.15. The molecule has 0 aromatic heterocycles. The third-order valence-electron chi connectivity index (χ3n) is 5.03. The van der Waals surface area contributed by atoms with E-state index in [1.54, 1.807) is 0 Å². The van der Waals surface area contributed by atoms with Crippen LogP contribution in [0.2, 0.25) is 0 Å². The number of nitrogens with two attached hydrogens (primary N) is 1. The average Bonchev–Trinajstić information content (AvgIpc) is 2.94. The van der Waals surface area contributed by atoms with Crippen LogP contribution in [0, 0.1) is 5.41 Å². The highest BCUT2D eigenvalue weighted by Gasteiger charge is 2.41. The van der Waals surface area contributed by atoms with Crippen LogP contribution in [0.4, 0.5) is 0 Å². The number of likely N-dealkylation sites (N-methyl/N-ethyl adjacent to an activating group) is 2. The third-order valence-corrected chi connectivity index (χ3v) is 5.03. The first-order valence-corrected chi connectivity index (χ1v) is 7.90. The molecular weight excluding hydrogens is 254 g/mol. The van der Waals surface area contributed by atoms with Gasteiger partial charge in [0.1, 0.15) is 0 Å². The van der Waals surface area contributed by atoms with Crippen molar-refractivity contribution < 1.29 is 9.53 Å². The normalized spacial score (nSPS) is 26.6. The van der Waals surface area contributed by atoms with E-state index in [9.17, 15) is 4.79 Å². The molecule has 5 nitrogen and oxygen atoms in total. The van der Waals surface area contributed by atoms with E-state index in [0.717, 1.165) is 25.9 Å². The van der Waals surface area contributed by atoms with Crippen molar-refractivity contribution >= 4 is 5.91 Å². The average molecular weight is 283 g/mol. The van der Waals surface area contributed by atoms with E-state index in [1.807, 2.05) is 11.9 Å². The highest BCUT2D eigenvalue weighted by atomic mass is 16.5. The lowest BCUT2D eigenvalue weighted by Crippen LogP contribution is -2.52. The summed E-state index contributed by atoms with van der Waals surface area (Å²) in [6.45, 7) is 7.00. The van der Waals surface area contributed by atoms with Gasteiger partial charge in [0.25, 0.3) is 0 Å². The van der Waals surface area contributed by atoms with Gasteiger partial charge in [0.05, 0.1) is 5.41 Å². The van der Waals surface area contributed by atoms with Gasteiger partial charge in [-0.2, -0.15) is 0 Å². The Labute approximate surface area is 122 Å². The standard InChI is InChI=1S/C15H29N3O2/c1-3-18-8-4-5-13(18)11-17(2)14(19)15(12-16)6-9-20-10-7-15/h13H,3-12,16H2,1-2H3. The molecule has 2 aliphatic rings. The molecule has 2 aliphatic heterocycles. The Kier molecular flexibility index (Phi) is 5.41. The van der Waals surface area contributed by atoms with E-state index < -0.39 is 0 Å². The quantitative estimate of drug-likeness (QED) is 0.806. The van der Waals surface area contributed by atoms with Gasteiger partial charge in [0, 0.05) is 39.4 Å². The SMILES string of the molecule is CCN1CCCC1CN(C)C(=O)C1(CN)CCOCC1. The van der Waals surface area contributed by atoms with Crippen LogP contribution in [0.3, 0.4) is 0 Å². The van der Waals surface area contributed by atoms with Gasteiger partial charge in [-0.05, 0) is 38.8 Å². The van der Waals surface area contributed by atoms with Crippen LogP contribution in [0.5, 0.6) is 0 Å². The summed E-state index contributed by atoms with van der Waals surface area (Å²) < 4.78 is 5.39. The van der Waals surface area contributed by atoms with Crippen molar-refractivity contribution in [1.82, 2.24) is 9.80 Å². The van der Waals surface area contributed by atoms with Crippen LogP contribution in [0.25, 0.3) is 0 Å². The molecule has 0 aromatic rings. The van der Waals surface area contributed by atoms with Crippen LogP contribution >= 0.6 is 0 Å². The second-order valence-electron chi connectivity index (χ2n) is 6.21. The minimum atomic E-state index is -0.386. The first-order valence-electron chi connectivity index (χ1n) is 7.90. The van der Waals surface area contributed by atoms with E-state index in [2.05, 4.69) is 11.8 Å². The number of amides is 1. The number of carbonyl (C=O) groups is 1. The van der Waals surface area contributed by atoms with Crippen LogP contribution in [-0.4, -0.2) is 68.2 Å². The molecule has 2 fully saturated rings. The van der Waals surface area contributed by atoms with Crippen LogP contribution in [0.1, 0.15) is 32.6 Å². The number of hydrogen-bond acceptors (Lipinski definition) is 4. The molecule has 0 aliphatic carbocycles. The molecule has 1 unspecified atom stereocenters. The highest BCUT2D eigenvalue weighted by molar-refractivity contribution is 5.83. The summed E-state index contributed by atoms with van der Waals surface area (Å²) >= 11 is 0. The second-order valence-corrected chi connectivity index (χ2v) is 6.21. The lowest BCUT2D eigenvalue weighted by molar-refractivity contribution is -0.146. The maximum absolute atomic E-state index is 12.8. The van der Waals surface area contributed by atoms with Crippen molar-refractivity contribution in [3.8, 4) is 0 Å². The molecule has 5 heteroatoms. The molecule has 1 atom stereocenters. The summed E-state index contributed by atoms with van der Waals surface area (Å²) in [6, 6.07) is 0.517. The largest absolute Gasteiger partial charge is 0.381 e. The van der Waals surface area contributed by atoms with Crippen LogP contribution in [-0.2, 0) is 9.53 Å². The summed E-state index contributed by atoms with van der Waals surface area (Å²) in [7, 11) is 1.93. The Morgan fingerprint density at radius 3 is 2.75 bits per heavy atom. The van der Waals surface area contributed by atoms with Crippen molar-refractivity contribution in [2.75, 3.05) is 46.4 Å². The van der Waals surface area contributed by atoms with Gasteiger partial charge in [-0.25, -0.2) is 0 Å². The molecule has 1 amide bonds. The fourth-order valence-corrected chi connectivity index (χ4v) is 3.59. The molecule has 0 spiro atoms. The highest BCUT2D eigenvalue weighted by Crippen LogP contribution is 2.31. The Morgan fingerprint density at radius 2 is 2.15 bits per heavy atom. The van der Waals surface area contributed by atoms with E-state index >= 15 is 0 Å². The first-order chi connectivity index (χ1) is 9.63. The predicted octanol–water partition coefficient (Wildman–Crippen LogP) is 0.685. The van der Waals surface area contributed by atoms with Gasteiger partial charge in [-0.1, -0.05) is 6.92 Å². The molecule has 0 bridgehead atoms. The minimum absolute atomic E-state index is 0.214. The van der Waals surface area contributed by atoms with Gasteiger partial charge in [-0.15, -0.1) is 0 Å². The molecule has 116 valence electrons. The molecule has 2 heterocycles. The Balaban J connectivity index is 1.96. The zero-order valence-corrected chi connectivity index (χ0v) is 12.9. The smallest absolute Gasteiger partial charge is 0.230 e. The van der Waals surface area contributed by atoms with Crippen molar-refractivity contribution in [3.63, 3.8) is 0 Å². The number of rotatable bonds is 5.